The molecule has 0 spiro atoms. The number of aliphatic hydroxyl groups is 1. The van der Waals surface area contributed by atoms with Crippen LogP contribution in [0.3, 0.4) is 0 Å². The van der Waals surface area contributed by atoms with Crippen molar-refractivity contribution < 1.29 is 28.9 Å². The van der Waals surface area contributed by atoms with E-state index in [9.17, 15) is 14.7 Å². The fourth-order valence-corrected chi connectivity index (χ4v) is 1.92. The number of aliphatic hydroxyl groups excluding tert-OH is 1. The highest BCUT2D eigenvalue weighted by Gasteiger charge is 2.27. The molecule has 0 aromatic carbocycles. The van der Waals surface area contributed by atoms with Crippen LogP contribution in [-0.2, 0) is 23.8 Å². The first-order valence-corrected chi connectivity index (χ1v) is 6.80. The number of methoxy groups -OCH3 is 3. The van der Waals surface area contributed by atoms with Crippen molar-refractivity contribution in [1.29, 1.82) is 0 Å². The van der Waals surface area contributed by atoms with Crippen molar-refractivity contribution in [3.8, 4) is 0 Å². The smallest absolute Gasteiger partial charge is 0.306 e. The third-order valence-electron chi connectivity index (χ3n) is 3.10. The summed E-state index contributed by atoms with van der Waals surface area (Å²) >= 11 is 0. The van der Waals surface area contributed by atoms with Crippen LogP contribution in [0.5, 0.6) is 0 Å². The second kappa shape index (κ2) is 10.8. The van der Waals surface area contributed by atoms with E-state index in [0.717, 1.165) is 0 Å². The zero-order valence-electron chi connectivity index (χ0n) is 13.4. The Bertz CT molecular complexity index is 395. The van der Waals surface area contributed by atoms with Crippen LogP contribution in [0.25, 0.3) is 0 Å². The monoisotopic (exact) mass is 315 g/mol. The van der Waals surface area contributed by atoms with Crippen LogP contribution in [0.2, 0.25) is 0 Å². The largest absolute Gasteiger partial charge is 0.510 e. The van der Waals surface area contributed by atoms with Gasteiger partial charge in [0.15, 0.2) is 0 Å². The molecule has 1 N–H and O–H groups in total. The van der Waals surface area contributed by atoms with E-state index in [-0.39, 0.29) is 37.6 Å². The topological polar surface area (TPSA) is 85.3 Å². The maximum atomic E-state index is 12.2. The molecule has 0 bridgehead atoms. The molecule has 0 aliphatic carbocycles. The predicted molar refractivity (Wildman–Crippen MR) is 81.4 cm³/mol. The Kier molecular flexibility index (Phi) is 9.89. The number of amides is 1. The fourth-order valence-electron chi connectivity index (χ4n) is 1.92. The number of carbonyl (C=O) groups excluding carboxylic acids is 2. The molecule has 0 radical (unpaired) electrons. The molecular formula is C15H25NO6. The molecule has 2 unspecified atom stereocenters. The van der Waals surface area contributed by atoms with Crippen molar-refractivity contribution in [2.45, 2.75) is 25.0 Å². The van der Waals surface area contributed by atoms with E-state index in [1.54, 1.807) is 6.08 Å². The number of carbonyl (C=O) groups is 2. The lowest BCUT2D eigenvalue weighted by molar-refractivity contribution is -0.144. The lowest BCUT2D eigenvalue weighted by Crippen LogP contribution is -2.44. The maximum Gasteiger partial charge on any atom is 0.306 e. The zero-order valence-corrected chi connectivity index (χ0v) is 13.4. The van der Waals surface area contributed by atoms with Crippen molar-refractivity contribution in [3.63, 3.8) is 0 Å². The minimum absolute atomic E-state index is 0.00103. The van der Waals surface area contributed by atoms with E-state index in [4.69, 9.17) is 9.47 Å². The van der Waals surface area contributed by atoms with Gasteiger partial charge < -0.3 is 24.2 Å². The predicted octanol–water partition coefficient (Wildman–Crippen LogP) is 1.06. The van der Waals surface area contributed by atoms with Gasteiger partial charge in [-0.2, -0.15) is 0 Å². The highest BCUT2D eigenvalue weighted by molar-refractivity contribution is 5.81. The van der Waals surface area contributed by atoms with Crippen molar-refractivity contribution in [3.05, 3.63) is 25.0 Å². The number of rotatable bonds is 11. The normalized spacial score (nSPS) is 13.0. The SMILES string of the molecule is C=CCN(CC(OC)C(OC)C(=C)O)C(=O)CCC(=O)OC. The Balaban J connectivity index is 4.84. The molecule has 0 rings (SSSR count). The summed E-state index contributed by atoms with van der Waals surface area (Å²) in [7, 11) is 4.13. The van der Waals surface area contributed by atoms with Gasteiger partial charge in [-0.1, -0.05) is 12.7 Å². The van der Waals surface area contributed by atoms with Gasteiger partial charge in [-0.3, -0.25) is 9.59 Å². The van der Waals surface area contributed by atoms with Gasteiger partial charge in [0.1, 0.15) is 18.0 Å². The van der Waals surface area contributed by atoms with Crippen molar-refractivity contribution in [2.24, 2.45) is 0 Å². The van der Waals surface area contributed by atoms with E-state index < -0.39 is 18.2 Å². The van der Waals surface area contributed by atoms with Gasteiger partial charge in [0.05, 0.1) is 20.1 Å². The van der Waals surface area contributed by atoms with Crippen molar-refractivity contribution in [1.82, 2.24) is 4.90 Å². The Labute approximate surface area is 131 Å². The first kappa shape index (κ1) is 20.1. The van der Waals surface area contributed by atoms with E-state index in [1.165, 1.54) is 26.2 Å². The standard InChI is InChI=1S/C15H25NO6/c1-6-9-16(13(18)7-8-14(19)21-4)10-12(20-3)15(22-5)11(2)17/h6,12,15,17H,1-2,7-10H2,3-5H3. The molecule has 0 saturated heterocycles. The second-order valence-electron chi connectivity index (χ2n) is 4.59. The highest BCUT2D eigenvalue weighted by Crippen LogP contribution is 2.12. The molecule has 7 heteroatoms. The molecule has 0 aromatic heterocycles. The third-order valence-corrected chi connectivity index (χ3v) is 3.10. The molecule has 7 nitrogen and oxygen atoms in total. The van der Waals surface area contributed by atoms with Gasteiger partial charge in [-0.15, -0.1) is 6.58 Å². The van der Waals surface area contributed by atoms with E-state index in [1.807, 2.05) is 0 Å². The number of ether oxygens (including phenoxy) is 3. The quantitative estimate of drug-likeness (QED) is 0.348. The van der Waals surface area contributed by atoms with Gasteiger partial charge in [0, 0.05) is 27.2 Å². The third kappa shape index (κ3) is 6.73. The summed E-state index contributed by atoms with van der Waals surface area (Å²) in [5.74, 6) is -0.880. The molecule has 126 valence electrons. The Hall–Kier alpha value is -1.86. The summed E-state index contributed by atoms with van der Waals surface area (Å²) in [4.78, 5) is 24.8. The highest BCUT2D eigenvalue weighted by atomic mass is 16.5. The van der Waals surface area contributed by atoms with Crippen LogP contribution in [0.4, 0.5) is 0 Å². The summed E-state index contributed by atoms with van der Waals surface area (Å²) in [5, 5.41) is 9.52. The summed E-state index contributed by atoms with van der Waals surface area (Å²) in [6.07, 6.45) is 0.240. The minimum atomic E-state index is -0.759. The van der Waals surface area contributed by atoms with Crippen LogP contribution < -0.4 is 0 Å². The lowest BCUT2D eigenvalue weighted by atomic mass is 10.1. The fraction of sp³-hybridized carbons (Fsp3) is 0.600. The average Bonchev–Trinajstić information content (AvgIpc) is 2.50. The molecule has 0 aliphatic heterocycles. The Morgan fingerprint density at radius 2 is 1.86 bits per heavy atom. The Morgan fingerprint density at radius 1 is 1.23 bits per heavy atom. The van der Waals surface area contributed by atoms with Crippen LogP contribution in [0, 0.1) is 0 Å². The van der Waals surface area contributed by atoms with Crippen LogP contribution in [0.1, 0.15) is 12.8 Å². The number of esters is 1. The van der Waals surface area contributed by atoms with Gasteiger partial charge >= 0.3 is 5.97 Å². The number of hydrogen-bond donors (Lipinski definition) is 1. The molecule has 0 heterocycles. The van der Waals surface area contributed by atoms with Crippen molar-refractivity contribution in [2.75, 3.05) is 34.4 Å². The molecule has 0 aromatic rings. The first-order chi connectivity index (χ1) is 10.4. The van der Waals surface area contributed by atoms with Gasteiger partial charge in [-0.05, 0) is 0 Å². The van der Waals surface area contributed by atoms with Crippen molar-refractivity contribution >= 4 is 11.9 Å². The molecule has 2 atom stereocenters. The van der Waals surface area contributed by atoms with Crippen LogP contribution in [0.15, 0.2) is 25.0 Å². The zero-order chi connectivity index (χ0) is 17.1. The average molecular weight is 315 g/mol. The number of hydrogen-bond acceptors (Lipinski definition) is 6. The molecule has 0 saturated carbocycles. The molecule has 22 heavy (non-hydrogen) atoms. The lowest BCUT2D eigenvalue weighted by Gasteiger charge is -2.30. The van der Waals surface area contributed by atoms with Gasteiger partial charge in [-0.25, -0.2) is 0 Å². The summed E-state index contributed by atoms with van der Waals surface area (Å²) in [6, 6.07) is 0. The second-order valence-corrected chi connectivity index (χ2v) is 4.59. The summed E-state index contributed by atoms with van der Waals surface area (Å²) in [6.45, 7) is 7.49. The van der Waals surface area contributed by atoms with Crippen LogP contribution >= 0.6 is 0 Å². The molecule has 0 aliphatic rings. The van der Waals surface area contributed by atoms with E-state index in [0.29, 0.717) is 0 Å². The Morgan fingerprint density at radius 3 is 2.27 bits per heavy atom. The van der Waals surface area contributed by atoms with E-state index >= 15 is 0 Å². The van der Waals surface area contributed by atoms with Crippen LogP contribution in [-0.4, -0.2) is 68.5 Å². The maximum absolute atomic E-state index is 12.2. The number of nitrogens with zero attached hydrogens (tertiary/aromatic N) is 1. The van der Waals surface area contributed by atoms with Gasteiger partial charge in [0.2, 0.25) is 5.91 Å². The van der Waals surface area contributed by atoms with Gasteiger partial charge in [0.25, 0.3) is 0 Å². The molecule has 1 amide bonds. The first-order valence-electron chi connectivity index (χ1n) is 6.80. The summed E-state index contributed by atoms with van der Waals surface area (Å²) < 4.78 is 14.9. The van der Waals surface area contributed by atoms with E-state index in [2.05, 4.69) is 17.9 Å². The summed E-state index contributed by atoms with van der Waals surface area (Å²) in [5.41, 5.74) is 0. The molecular weight excluding hydrogens is 290 g/mol. The molecule has 0 fully saturated rings. The minimum Gasteiger partial charge on any atom is -0.510 e.